The van der Waals surface area contributed by atoms with Crippen LogP contribution in [0.2, 0.25) is 18.1 Å². The highest BCUT2D eigenvalue weighted by atomic mass is 79.9. The van der Waals surface area contributed by atoms with Crippen LogP contribution in [0.15, 0.2) is 24.3 Å². The van der Waals surface area contributed by atoms with Crippen LogP contribution in [0.3, 0.4) is 0 Å². The molecule has 0 aliphatic heterocycles. The van der Waals surface area contributed by atoms with Crippen molar-refractivity contribution in [3.63, 3.8) is 0 Å². The third kappa shape index (κ3) is 3.31. The lowest BCUT2D eigenvalue weighted by Gasteiger charge is -2.41. The molecule has 1 aliphatic carbocycles. The number of benzene rings is 1. The van der Waals surface area contributed by atoms with E-state index in [9.17, 15) is 0 Å². The van der Waals surface area contributed by atoms with Gasteiger partial charge in [-0.2, -0.15) is 0 Å². The molecule has 1 aromatic carbocycles. The fourth-order valence-electron chi connectivity index (χ4n) is 2.40. The molecule has 0 saturated heterocycles. The fraction of sp³-hybridized carbons (Fsp3) is 0.625. The molecule has 2 atom stereocenters. The number of hydrogen-bond acceptors (Lipinski definition) is 1. The van der Waals surface area contributed by atoms with E-state index < -0.39 is 8.32 Å². The minimum Gasteiger partial charge on any atom is -0.414 e. The van der Waals surface area contributed by atoms with Crippen molar-refractivity contribution in [2.75, 3.05) is 0 Å². The van der Waals surface area contributed by atoms with Crippen LogP contribution in [0.4, 0.5) is 0 Å². The Morgan fingerprint density at radius 1 is 1.21 bits per heavy atom. The Labute approximate surface area is 127 Å². The van der Waals surface area contributed by atoms with Crippen LogP contribution in [0.1, 0.15) is 43.1 Å². The van der Waals surface area contributed by atoms with Gasteiger partial charge >= 0.3 is 0 Å². The predicted molar refractivity (Wildman–Crippen MR) is 88.5 cm³/mol. The summed E-state index contributed by atoms with van der Waals surface area (Å²) in [6.07, 6.45) is 2.51. The number of fused-ring (bicyclic) bond motifs is 1. The van der Waals surface area contributed by atoms with Gasteiger partial charge in [0.2, 0.25) is 0 Å². The largest absolute Gasteiger partial charge is 0.414 e. The van der Waals surface area contributed by atoms with Crippen molar-refractivity contribution in [3.05, 3.63) is 35.4 Å². The first-order valence-corrected chi connectivity index (χ1v) is 10.9. The van der Waals surface area contributed by atoms with E-state index in [0.717, 1.165) is 12.8 Å². The molecule has 19 heavy (non-hydrogen) atoms. The zero-order chi connectivity index (χ0) is 14.3. The number of alkyl halides is 1. The first kappa shape index (κ1) is 15.3. The summed E-state index contributed by atoms with van der Waals surface area (Å²) in [4.78, 5) is 0.437. The molecule has 0 N–H and O–H groups in total. The van der Waals surface area contributed by atoms with Gasteiger partial charge in [-0.05, 0) is 42.1 Å². The quantitative estimate of drug-likeness (QED) is 0.513. The van der Waals surface area contributed by atoms with E-state index in [-0.39, 0.29) is 5.04 Å². The van der Waals surface area contributed by atoms with Gasteiger partial charge in [0.15, 0.2) is 8.32 Å². The Balaban J connectivity index is 2.14. The SMILES string of the molecule is CC(C)(C)[Si](C)(C)O[C@@H]1Cc2ccccc2C(Br)C1. The van der Waals surface area contributed by atoms with E-state index in [1.54, 1.807) is 0 Å². The van der Waals surface area contributed by atoms with E-state index in [2.05, 4.69) is 74.1 Å². The van der Waals surface area contributed by atoms with Crippen LogP contribution >= 0.6 is 15.9 Å². The van der Waals surface area contributed by atoms with Crippen molar-refractivity contribution in [1.82, 2.24) is 0 Å². The molecule has 1 aromatic rings. The Hall–Kier alpha value is -0.123. The van der Waals surface area contributed by atoms with Gasteiger partial charge < -0.3 is 4.43 Å². The summed E-state index contributed by atoms with van der Waals surface area (Å²) in [5.74, 6) is 0. The van der Waals surface area contributed by atoms with Crippen LogP contribution < -0.4 is 0 Å². The maximum absolute atomic E-state index is 6.58. The molecule has 106 valence electrons. The second kappa shape index (κ2) is 5.34. The zero-order valence-corrected chi connectivity index (χ0v) is 15.3. The highest BCUT2D eigenvalue weighted by Crippen LogP contribution is 2.42. The molecule has 3 heteroatoms. The van der Waals surface area contributed by atoms with Gasteiger partial charge in [-0.1, -0.05) is 61.0 Å². The summed E-state index contributed by atoms with van der Waals surface area (Å²) in [6, 6.07) is 8.73. The molecule has 0 bridgehead atoms. The molecule has 1 unspecified atom stereocenters. The van der Waals surface area contributed by atoms with Gasteiger partial charge in [0.1, 0.15) is 0 Å². The van der Waals surface area contributed by atoms with Gasteiger partial charge in [0, 0.05) is 4.83 Å². The van der Waals surface area contributed by atoms with Gasteiger partial charge in [0.05, 0.1) is 6.10 Å². The normalized spacial score (nSPS) is 24.1. The summed E-state index contributed by atoms with van der Waals surface area (Å²) in [5, 5.41) is 0.284. The Morgan fingerprint density at radius 3 is 2.47 bits per heavy atom. The van der Waals surface area contributed by atoms with Crippen molar-refractivity contribution >= 4 is 24.2 Å². The summed E-state index contributed by atoms with van der Waals surface area (Å²) in [6.45, 7) is 11.6. The highest BCUT2D eigenvalue weighted by Gasteiger charge is 2.40. The lowest BCUT2D eigenvalue weighted by molar-refractivity contribution is 0.164. The lowest BCUT2D eigenvalue weighted by Crippen LogP contribution is -2.45. The predicted octanol–water partition coefficient (Wildman–Crippen LogP) is 5.46. The molecule has 1 nitrogen and oxygen atoms in total. The highest BCUT2D eigenvalue weighted by molar-refractivity contribution is 9.09. The zero-order valence-electron chi connectivity index (χ0n) is 12.7. The molecule has 0 saturated carbocycles. The van der Waals surface area contributed by atoms with E-state index in [0.29, 0.717) is 10.9 Å². The summed E-state index contributed by atoms with van der Waals surface area (Å²) in [5.41, 5.74) is 2.89. The Kier molecular flexibility index (Phi) is 4.29. The van der Waals surface area contributed by atoms with Gasteiger partial charge in [-0.15, -0.1) is 0 Å². The van der Waals surface area contributed by atoms with E-state index in [1.807, 2.05) is 0 Å². The maximum Gasteiger partial charge on any atom is 0.192 e. The number of hydrogen-bond donors (Lipinski definition) is 0. The second-order valence-electron chi connectivity index (χ2n) is 7.11. The van der Waals surface area contributed by atoms with E-state index in [1.165, 1.54) is 11.1 Å². The second-order valence-corrected chi connectivity index (χ2v) is 13.0. The molecular weight excluding hydrogens is 316 g/mol. The number of halogens is 1. The van der Waals surface area contributed by atoms with Crippen LogP contribution in [-0.2, 0) is 10.8 Å². The van der Waals surface area contributed by atoms with Crippen LogP contribution in [0, 0.1) is 0 Å². The van der Waals surface area contributed by atoms with Crippen molar-refractivity contribution < 1.29 is 4.43 Å². The van der Waals surface area contributed by atoms with E-state index >= 15 is 0 Å². The summed E-state index contributed by atoms with van der Waals surface area (Å²) in [7, 11) is -1.66. The van der Waals surface area contributed by atoms with Crippen molar-refractivity contribution in [3.8, 4) is 0 Å². The van der Waals surface area contributed by atoms with Crippen molar-refractivity contribution in [2.45, 2.75) is 62.7 Å². The molecule has 0 amide bonds. The van der Waals surface area contributed by atoms with E-state index in [4.69, 9.17) is 4.43 Å². The van der Waals surface area contributed by atoms with Crippen LogP contribution in [0.25, 0.3) is 0 Å². The molecule has 0 radical (unpaired) electrons. The smallest absolute Gasteiger partial charge is 0.192 e. The molecule has 0 heterocycles. The lowest BCUT2D eigenvalue weighted by atomic mass is 9.90. The van der Waals surface area contributed by atoms with Crippen LogP contribution in [0.5, 0.6) is 0 Å². The molecule has 0 aromatic heterocycles. The topological polar surface area (TPSA) is 9.23 Å². The third-order valence-electron chi connectivity index (χ3n) is 4.58. The summed E-state index contributed by atoms with van der Waals surface area (Å²) < 4.78 is 6.58. The first-order chi connectivity index (χ1) is 8.71. The fourth-order valence-corrected chi connectivity index (χ4v) is 4.63. The molecule has 1 aliphatic rings. The monoisotopic (exact) mass is 340 g/mol. The minimum absolute atomic E-state index is 0.284. The minimum atomic E-state index is -1.66. The van der Waals surface area contributed by atoms with Crippen molar-refractivity contribution in [2.24, 2.45) is 0 Å². The Morgan fingerprint density at radius 2 is 1.84 bits per heavy atom. The molecule has 0 fully saturated rings. The van der Waals surface area contributed by atoms with Crippen LogP contribution in [-0.4, -0.2) is 14.4 Å². The van der Waals surface area contributed by atoms with Crippen molar-refractivity contribution in [1.29, 1.82) is 0 Å². The number of rotatable bonds is 2. The molecule has 0 spiro atoms. The van der Waals surface area contributed by atoms with Gasteiger partial charge in [0.25, 0.3) is 0 Å². The Bertz CT molecular complexity index is 450. The maximum atomic E-state index is 6.58. The summed E-state index contributed by atoms with van der Waals surface area (Å²) >= 11 is 3.82. The average Bonchev–Trinajstić information content (AvgIpc) is 2.27. The van der Waals surface area contributed by atoms with Gasteiger partial charge in [-0.3, -0.25) is 0 Å². The molecule has 2 rings (SSSR count). The average molecular weight is 341 g/mol. The molecular formula is C16H25BrOSi. The third-order valence-corrected chi connectivity index (χ3v) is 9.98. The van der Waals surface area contributed by atoms with Gasteiger partial charge in [-0.25, -0.2) is 0 Å². The first-order valence-electron chi connectivity index (χ1n) is 7.10. The standard InChI is InChI=1S/C16H25BrOSi/c1-16(2,3)19(4,5)18-13-10-12-8-6-7-9-14(12)15(17)11-13/h6-9,13,15H,10-11H2,1-5H3/t13-,15?/m1/s1.